The molecule has 0 fully saturated rings. The zero-order valence-corrected chi connectivity index (χ0v) is 15.3. The van der Waals surface area contributed by atoms with Crippen LogP contribution in [0.15, 0.2) is 41.8 Å². The Balaban J connectivity index is 0.000000924. The fourth-order valence-electron chi connectivity index (χ4n) is 1.97. The maximum absolute atomic E-state index is 6.27. The van der Waals surface area contributed by atoms with Gasteiger partial charge in [0.15, 0.2) is 5.16 Å². The van der Waals surface area contributed by atoms with Gasteiger partial charge in [-0.2, -0.15) is 5.10 Å². The molecule has 120 valence electrons. The van der Waals surface area contributed by atoms with Gasteiger partial charge < -0.3 is 0 Å². The molecule has 0 aliphatic carbocycles. The lowest BCUT2D eigenvalue weighted by Gasteiger charge is -2.06. The lowest BCUT2D eigenvalue weighted by atomic mass is 10.1. The highest BCUT2D eigenvalue weighted by Gasteiger charge is 2.14. The Morgan fingerprint density at radius 2 is 1.87 bits per heavy atom. The monoisotopic (exact) mass is 366 g/mol. The summed E-state index contributed by atoms with van der Waals surface area (Å²) in [6, 6.07) is 7.20. The van der Waals surface area contributed by atoms with E-state index in [9.17, 15) is 0 Å². The number of benzene rings is 1. The first kappa shape index (κ1) is 17.8. The quantitative estimate of drug-likeness (QED) is 0.484. The Morgan fingerprint density at radius 1 is 1.09 bits per heavy atom. The van der Waals surface area contributed by atoms with Gasteiger partial charge in [0.2, 0.25) is 0 Å². The van der Waals surface area contributed by atoms with E-state index in [2.05, 4.69) is 20.2 Å². The van der Waals surface area contributed by atoms with Crippen LogP contribution >= 0.6 is 35.0 Å². The van der Waals surface area contributed by atoms with Gasteiger partial charge in [0.25, 0.3) is 0 Å². The number of thioether (sulfide) groups is 1. The van der Waals surface area contributed by atoms with Gasteiger partial charge in [-0.05, 0) is 30.5 Å². The van der Waals surface area contributed by atoms with Crippen LogP contribution in [0.2, 0.25) is 10.0 Å². The normalized spacial score (nSPS) is 10.1. The van der Waals surface area contributed by atoms with Crippen LogP contribution in [0.4, 0.5) is 0 Å². The summed E-state index contributed by atoms with van der Waals surface area (Å²) >= 11 is 13.7. The second kappa shape index (κ2) is 8.34. The van der Waals surface area contributed by atoms with Crippen LogP contribution in [0, 0.1) is 0 Å². The minimum Gasteiger partial charge on any atom is -0.277 e. The smallest absolute Gasteiger partial charge is 0.187 e. The molecule has 0 aliphatic heterocycles. The van der Waals surface area contributed by atoms with Crippen LogP contribution in [-0.2, 0) is 0 Å². The number of aromatic amines is 1. The zero-order chi connectivity index (χ0) is 16.8. The molecule has 1 aromatic carbocycles. The number of halogens is 2. The Bertz CT molecular complexity index is 789. The molecule has 0 spiro atoms. The first-order valence-corrected chi connectivity index (χ1v) is 9.03. The Hall–Kier alpha value is -1.56. The first-order chi connectivity index (χ1) is 11.2. The second-order valence-corrected chi connectivity index (χ2v) is 5.83. The Kier molecular flexibility index (Phi) is 6.45. The molecule has 0 saturated carbocycles. The summed E-state index contributed by atoms with van der Waals surface area (Å²) < 4.78 is 0. The molecule has 23 heavy (non-hydrogen) atoms. The minimum absolute atomic E-state index is 0.562. The number of hydrogen-bond donors (Lipinski definition) is 1. The predicted octanol–water partition coefficient (Wildman–Crippen LogP) is 5.59. The largest absolute Gasteiger partial charge is 0.277 e. The number of H-pyrrole nitrogens is 1. The Labute approximate surface area is 149 Å². The third-order valence-electron chi connectivity index (χ3n) is 2.93. The highest BCUT2D eigenvalue weighted by Crippen LogP contribution is 2.35. The van der Waals surface area contributed by atoms with Crippen molar-refractivity contribution in [3.63, 3.8) is 0 Å². The average molecular weight is 367 g/mol. The van der Waals surface area contributed by atoms with E-state index in [0.717, 1.165) is 22.5 Å². The summed E-state index contributed by atoms with van der Waals surface area (Å²) in [6.45, 7) is 4.00. The van der Waals surface area contributed by atoms with Crippen LogP contribution in [0.25, 0.3) is 22.5 Å². The number of rotatable bonds is 3. The van der Waals surface area contributed by atoms with Gasteiger partial charge in [0.1, 0.15) is 0 Å². The molecule has 0 saturated heterocycles. The van der Waals surface area contributed by atoms with E-state index in [0.29, 0.717) is 15.2 Å². The summed E-state index contributed by atoms with van der Waals surface area (Å²) in [5, 5.41) is 8.95. The fraction of sp³-hybridized carbons (Fsp3) is 0.188. The predicted molar refractivity (Wildman–Crippen MR) is 98.2 cm³/mol. The van der Waals surface area contributed by atoms with Crippen molar-refractivity contribution in [1.29, 1.82) is 0 Å². The Morgan fingerprint density at radius 3 is 2.57 bits per heavy atom. The molecule has 2 aromatic heterocycles. The summed E-state index contributed by atoms with van der Waals surface area (Å²) in [7, 11) is 0. The van der Waals surface area contributed by atoms with Crippen LogP contribution in [0.1, 0.15) is 13.8 Å². The van der Waals surface area contributed by atoms with Crippen LogP contribution < -0.4 is 0 Å². The van der Waals surface area contributed by atoms with E-state index < -0.39 is 0 Å². The van der Waals surface area contributed by atoms with E-state index in [4.69, 9.17) is 23.2 Å². The molecule has 1 N–H and O–H groups in total. The lowest BCUT2D eigenvalue weighted by molar-refractivity contribution is 0.976. The summed E-state index contributed by atoms with van der Waals surface area (Å²) in [5.41, 5.74) is 3.31. The van der Waals surface area contributed by atoms with Crippen LogP contribution in [-0.4, -0.2) is 26.4 Å². The highest BCUT2D eigenvalue weighted by atomic mass is 35.5. The molecule has 0 aliphatic rings. The molecule has 2 heterocycles. The van der Waals surface area contributed by atoms with E-state index >= 15 is 0 Å². The third kappa shape index (κ3) is 4.05. The molecular weight excluding hydrogens is 351 g/mol. The molecular formula is C16H16Cl2N4S. The topological polar surface area (TPSA) is 54.5 Å². The van der Waals surface area contributed by atoms with E-state index in [1.807, 2.05) is 32.2 Å². The summed E-state index contributed by atoms with van der Waals surface area (Å²) in [5.74, 6) is 0. The van der Waals surface area contributed by atoms with Crippen molar-refractivity contribution in [2.75, 3.05) is 6.26 Å². The third-order valence-corrected chi connectivity index (χ3v) is 4.04. The first-order valence-electron chi connectivity index (χ1n) is 7.05. The second-order valence-electron chi connectivity index (χ2n) is 4.21. The van der Waals surface area contributed by atoms with E-state index in [1.54, 1.807) is 24.5 Å². The van der Waals surface area contributed by atoms with Crippen molar-refractivity contribution >= 4 is 35.0 Å². The molecule has 4 nitrogen and oxygen atoms in total. The van der Waals surface area contributed by atoms with E-state index in [-0.39, 0.29) is 0 Å². The summed E-state index contributed by atoms with van der Waals surface area (Å²) in [4.78, 5) is 8.67. The number of nitrogens with zero attached hydrogens (tertiary/aromatic N) is 3. The summed E-state index contributed by atoms with van der Waals surface area (Å²) in [6.07, 6.45) is 5.40. The van der Waals surface area contributed by atoms with E-state index in [1.165, 1.54) is 11.8 Å². The lowest BCUT2D eigenvalue weighted by Crippen LogP contribution is -1.90. The van der Waals surface area contributed by atoms with Gasteiger partial charge in [-0.3, -0.25) is 5.10 Å². The number of aromatic nitrogens is 4. The van der Waals surface area contributed by atoms with Crippen LogP contribution in [0.3, 0.4) is 0 Å². The molecule has 3 rings (SSSR count). The van der Waals surface area contributed by atoms with Crippen molar-refractivity contribution in [2.24, 2.45) is 0 Å². The van der Waals surface area contributed by atoms with Crippen molar-refractivity contribution in [3.8, 4) is 22.5 Å². The van der Waals surface area contributed by atoms with Gasteiger partial charge in [-0.1, -0.05) is 48.8 Å². The average Bonchev–Trinajstić information content (AvgIpc) is 3.06. The van der Waals surface area contributed by atoms with Gasteiger partial charge in [-0.15, -0.1) is 0 Å². The van der Waals surface area contributed by atoms with Gasteiger partial charge in [0.05, 0.1) is 22.6 Å². The SMILES string of the molecule is CC.CSc1nccc(-c2cn[nH]c2-c2ccc(Cl)cc2Cl)n1. The zero-order valence-electron chi connectivity index (χ0n) is 13.0. The molecule has 3 aromatic rings. The minimum atomic E-state index is 0.562. The van der Waals surface area contributed by atoms with Gasteiger partial charge >= 0.3 is 0 Å². The van der Waals surface area contributed by atoms with Crippen molar-refractivity contribution in [3.05, 3.63) is 46.7 Å². The standard InChI is InChI=1S/C14H10Cl2N4S.C2H6/c1-21-14-17-5-4-12(19-14)10-7-18-20-13(10)9-3-2-8(15)6-11(9)16;1-2/h2-7H,1H3,(H,18,20);1-2H3. The molecule has 0 radical (unpaired) electrons. The highest BCUT2D eigenvalue weighted by molar-refractivity contribution is 7.98. The molecule has 0 amide bonds. The molecule has 0 atom stereocenters. The number of nitrogens with one attached hydrogen (secondary N) is 1. The van der Waals surface area contributed by atoms with Crippen molar-refractivity contribution < 1.29 is 0 Å². The molecule has 7 heteroatoms. The maximum atomic E-state index is 6.27. The molecule has 0 bridgehead atoms. The van der Waals surface area contributed by atoms with Gasteiger partial charge in [-0.25, -0.2) is 9.97 Å². The molecule has 0 unspecified atom stereocenters. The maximum Gasteiger partial charge on any atom is 0.187 e. The number of hydrogen-bond acceptors (Lipinski definition) is 4. The van der Waals surface area contributed by atoms with Crippen LogP contribution in [0.5, 0.6) is 0 Å². The van der Waals surface area contributed by atoms with Crippen molar-refractivity contribution in [2.45, 2.75) is 19.0 Å². The fourth-order valence-corrected chi connectivity index (χ4v) is 2.83. The van der Waals surface area contributed by atoms with Crippen molar-refractivity contribution in [1.82, 2.24) is 20.2 Å². The van der Waals surface area contributed by atoms with Gasteiger partial charge in [0, 0.05) is 22.3 Å².